The van der Waals surface area contributed by atoms with E-state index in [2.05, 4.69) is 15.3 Å². The van der Waals surface area contributed by atoms with Gasteiger partial charge in [0.1, 0.15) is 66.5 Å². The van der Waals surface area contributed by atoms with Gasteiger partial charge in [0, 0.05) is 0 Å². The molecule has 2 heterocycles. The molecule has 40 heavy (non-hydrogen) atoms. The van der Waals surface area contributed by atoms with E-state index in [4.69, 9.17) is 41.9 Å². The van der Waals surface area contributed by atoms with Crippen LogP contribution in [-0.2, 0) is 18.9 Å². The van der Waals surface area contributed by atoms with Crippen molar-refractivity contribution in [3.63, 3.8) is 0 Å². The van der Waals surface area contributed by atoms with Gasteiger partial charge in [-0.1, -0.05) is 0 Å². The molecule has 2 aliphatic heterocycles. The number of aliphatic hydroxyl groups excluding tert-OH is 7. The van der Waals surface area contributed by atoms with Crippen LogP contribution < -0.4 is 28.3 Å². The van der Waals surface area contributed by atoms with E-state index < -0.39 is 116 Å². The second kappa shape index (κ2) is 12.9. The maximum atomic E-state index is 11.3. The fourth-order valence-corrected chi connectivity index (χ4v) is 5.17. The summed E-state index contributed by atoms with van der Waals surface area (Å²) in [4.78, 5) is 7.66. The lowest BCUT2D eigenvalue weighted by atomic mass is 9.81. The highest BCUT2D eigenvalue weighted by molar-refractivity contribution is 5.76. The molecule has 3 aliphatic rings. The molecule has 19 nitrogen and oxygen atoms in total. The lowest BCUT2D eigenvalue weighted by molar-refractivity contribution is -0.317. The monoisotopic (exact) mass is 583 g/mol. The predicted octanol–water partition coefficient (Wildman–Crippen LogP) is -8.37. The normalized spacial score (nSPS) is 47.5. The van der Waals surface area contributed by atoms with Gasteiger partial charge < -0.3 is 88.1 Å². The van der Waals surface area contributed by atoms with Gasteiger partial charge in [0.25, 0.3) is 0 Å². The first-order valence-corrected chi connectivity index (χ1v) is 12.5. The molecule has 1 aliphatic carbocycles. The van der Waals surface area contributed by atoms with Crippen LogP contribution in [0, 0.1) is 0 Å². The van der Waals surface area contributed by atoms with Crippen molar-refractivity contribution in [1.29, 1.82) is 0 Å². The average Bonchev–Trinajstić information content (AvgIpc) is 3.13. The molecule has 19 heteroatoms. The number of nitrogens with two attached hydrogens (primary N) is 4. The topological polar surface area (TPSA) is 340 Å². The number of ether oxygens (including phenoxy) is 4. The Kier molecular flexibility index (Phi) is 10.5. The van der Waals surface area contributed by atoms with Gasteiger partial charge >= 0.3 is 0 Å². The number of nitrogens with zero attached hydrogens (tertiary/aromatic N) is 2. The van der Waals surface area contributed by atoms with Gasteiger partial charge in [-0.2, -0.15) is 0 Å². The summed E-state index contributed by atoms with van der Waals surface area (Å²) < 4.78 is 23.2. The third-order valence-electron chi connectivity index (χ3n) is 7.49. The molecule has 17 N–H and O–H groups in total. The fourth-order valence-electron chi connectivity index (χ4n) is 5.17. The van der Waals surface area contributed by atoms with Crippen LogP contribution in [0.5, 0.6) is 0 Å². The zero-order chi connectivity index (χ0) is 30.1. The number of rotatable bonds is 9. The number of aliphatic hydroxyl groups is 8. The molecule has 0 aromatic heterocycles. The quantitative estimate of drug-likeness (QED) is 0.0884. The summed E-state index contributed by atoms with van der Waals surface area (Å²) in [5, 5.41) is 87.0. The molecule has 0 bridgehead atoms. The number of likely N-dealkylation sites (N-methyl/N-ethyl adjacent to an activating group) is 1. The molecule has 2 saturated heterocycles. The molecule has 3 fully saturated rings. The smallest absolute Gasteiger partial charge is 0.187 e. The molecule has 15 atom stereocenters. The van der Waals surface area contributed by atoms with Crippen LogP contribution in [0.25, 0.3) is 0 Å². The average molecular weight is 584 g/mol. The molecule has 1 saturated carbocycles. The zero-order valence-corrected chi connectivity index (χ0v) is 21.9. The zero-order valence-electron chi connectivity index (χ0n) is 21.9. The third-order valence-corrected chi connectivity index (χ3v) is 7.49. The van der Waals surface area contributed by atoms with E-state index in [-0.39, 0.29) is 0 Å². The summed E-state index contributed by atoms with van der Waals surface area (Å²) in [6.45, 7) is -0.199. The summed E-state index contributed by atoms with van der Waals surface area (Å²) >= 11 is 0. The van der Waals surface area contributed by atoms with Crippen molar-refractivity contribution in [2.24, 2.45) is 32.9 Å². The number of hydrogen-bond donors (Lipinski definition) is 13. The van der Waals surface area contributed by atoms with Crippen LogP contribution in [0.2, 0.25) is 0 Å². The molecule has 232 valence electrons. The van der Waals surface area contributed by atoms with Crippen LogP contribution in [0.1, 0.15) is 6.92 Å². The maximum absolute atomic E-state index is 11.3. The lowest BCUT2D eigenvalue weighted by Crippen LogP contribution is -2.66. The van der Waals surface area contributed by atoms with Crippen LogP contribution in [0.15, 0.2) is 9.98 Å². The molecule has 0 aromatic rings. The molecule has 6 unspecified atom stereocenters. The van der Waals surface area contributed by atoms with Crippen LogP contribution in [0.3, 0.4) is 0 Å². The molecule has 0 amide bonds. The summed E-state index contributed by atoms with van der Waals surface area (Å²) in [5.74, 6) is -1.01. The van der Waals surface area contributed by atoms with E-state index in [1.807, 2.05) is 0 Å². The number of guanidine groups is 2. The minimum absolute atomic E-state index is 0.493. The second-order valence-corrected chi connectivity index (χ2v) is 10.0. The highest BCUT2D eigenvalue weighted by Crippen LogP contribution is 2.39. The van der Waals surface area contributed by atoms with Gasteiger partial charge in [-0.15, -0.1) is 0 Å². The van der Waals surface area contributed by atoms with Crippen molar-refractivity contribution >= 4 is 11.9 Å². The molecular weight excluding hydrogens is 542 g/mol. The number of nitrogens with one attached hydrogen (secondary N) is 1. The first kappa shape index (κ1) is 32.5. The summed E-state index contributed by atoms with van der Waals surface area (Å²) in [6, 6.07) is -4.00. The van der Waals surface area contributed by atoms with Gasteiger partial charge in [-0.05, 0) is 14.0 Å². The van der Waals surface area contributed by atoms with Crippen molar-refractivity contribution in [1.82, 2.24) is 5.32 Å². The Hall–Kier alpha value is -1.98. The Balaban J connectivity index is 1.96. The fraction of sp³-hybridized carbons (Fsp3) is 0.905. The van der Waals surface area contributed by atoms with E-state index in [0.717, 1.165) is 0 Å². The van der Waals surface area contributed by atoms with E-state index in [9.17, 15) is 40.9 Å². The van der Waals surface area contributed by atoms with Crippen molar-refractivity contribution in [2.75, 3.05) is 20.3 Å². The van der Waals surface area contributed by atoms with E-state index >= 15 is 0 Å². The third kappa shape index (κ3) is 6.11. The minimum Gasteiger partial charge on any atom is -0.394 e. The molecule has 0 radical (unpaired) electrons. The van der Waals surface area contributed by atoms with Gasteiger partial charge in [0.2, 0.25) is 0 Å². The maximum Gasteiger partial charge on any atom is 0.187 e. The van der Waals surface area contributed by atoms with Crippen molar-refractivity contribution < 1.29 is 59.8 Å². The predicted molar refractivity (Wildman–Crippen MR) is 134 cm³/mol. The van der Waals surface area contributed by atoms with Crippen molar-refractivity contribution in [3.8, 4) is 0 Å². The van der Waals surface area contributed by atoms with Gasteiger partial charge in [-0.25, -0.2) is 9.98 Å². The highest BCUT2D eigenvalue weighted by Gasteiger charge is 2.60. The second-order valence-electron chi connectivity index (χ2n) is 10.0. The largest absolute Gasteiger partial charge is 0.394 e. The van der Waals surface area contributed by atoms with Crippen LogP contribution in [-0.4, -0.2) is 164 Å². The summed E-state index contributed by atoms with van der Waals surface area (Å²) in [7, 11) is 1.44. The number of hydrogen-bond acceptors (Lipinski definition) is 15. The van der Waals surface area contributed by atoms with E-state index in [1.165, 1.54) is 14.0 Å². The minimum atomic E-state index is -2.15. The Morgan fingerprint density at radius 1 is 0.825 bits per heavy atom. The Morgan fingerprint density at radius 2 is 1.43 bits per heavy atom. The van der Waals surface area contributed by atoms with Crippen molar-refractivity contribution in [2.45, 2.75) is 98.2 Å². The lowest BCUT2D eigenvalue weighted by Gasteiger charge is -2.45. The first-order chi connectivity index (χ1) is 18.7. The SMILES string of the molecule is CN[C@H]1C(O)[C@@H](O)C(CO)O[C@H]1O[C@@H]1[C@H](O[C@@H]2C(N=C(N)N)C(O)[C@@H](N=C(N)N)C(O)[C@H]2O)O[C@@H](C)C1(O)CO. The summed E-state index contributed by atoms with van der Waals surface area (Å²) in [6.07, 6.45) is -16.9. The molecule has 0 spiro atoms. The standard InChI is InChI=1S/C21H41N7O12/c1-5-21(36,4-30)16(40-17-9(26-2)13(34)10(31)6(3-29)38-17)18(37-5)39-15-8(28-20(24)25)11(32)7(27-19(22)23)12(33)14(15)35/h5-18,26,29-36H,3-4H2,1-2H3,(H4,22,23,27)(H4,24,25,28)/t5-,6?,7+,8?,9-,10-,11?,12?,13?,14+,15+,16+,17-,18-,21?/m0/s1. The van der Waals surface area contributed by atoms with E-state index in [1.54, 1.807) is 0 Å². The Labute approximate surface area is 229 Å². The molecule has 0 aromatic carbocycles. The van der Waals surface area contributed by atoms with Crippen molar-refractivity contribution in [3.05, 3.63) is 0 Å². The molecule has 3 rings (SSSR count). The summed E-state index contributed by atoms with van der Waals surface area (Å²) in [5.41, 5.74) is 19.7. The van der Waals surface area contributed by atoms with Gasteiger partial charge in [0.15, 0.2) is 24.5 Å². The van der Waals surface area contributed by atoms with Crippen LogP contribution in [0.4, 0.5) is 0 Å². The van der Waals surface area contributed by atoms with Crippen LogP contribution >= 0.6 is 0 Å². The van der Waals surface area contributed by atoms with E-state index in [0.29, 0.717) is 0 Å². The van der Waals surface area contributed by atoms with Gasteiger partial charge in [-0.3, -0.25) is 0 Å². The Bertz CT molecular complexity index is 911. The first-order valence-electron chi connectivity index (χ1n) is 12.5. The van der Waals surface area contributed by atoms with Gasteiger partial charge in [0.05, 0.1) is 25.4 Å². The number of aliphatic imine (C=N–C) groups is 2. The highest BCUT2D eigenvalue weighted by atomic mass is 16.8. The molecular formula is C21H41N7O12. The Morgan fingerprint density at radius 3 is 1.95 bits per heavy atom.